The number of esters is 1. The molecular formula is C17H16N2O2. The molecule has 3 aromatic rings. The molecule has 0 amide bonds. The minimum Gasteiger partial charge on any atom is -0.421 e. The maximum atomic E-state index is 12.4. The molecule has 1 heterocycles. The molecule has 0 spiro atoms. The molecule has 0 radical (unpaired) electrons. The predicted octanol–water partition coefficient (Wildman–Crippen LogP) is 3.59. The van der Waals surface area contributed by atoms with Crippen LogP contribution >= 0.6 is 0 Å². The number of aryl methyl sites for hydroxylation is 2. The van der Waals surface area contributed by atoms with Gasteiger partial charge in [0.15, 0.2) is 5.75 Å². The van der Waals surface area contributed by atoms with E-state index in [1.807, 2.05) is 44.2 Å². The van der Waals surface area contributed by atoms with Gasteiger partial charge in [0.25, 0.3) is 0 Å². The molecule has 3 N–H and O–H groups in total. The first-order valence-electron chi connectivity index (χ1n) is 6.72. The van der Waals surface area contributed by atoms with Crippen LogP contribution in [0.5, 0.6) is 5.75 Å². The van der Waals surface area contributed by atoms with Crippen LogP contribution in [0.1, 0.15) is 21.5 Å². The lowest BCUT2D eigenvalue weighted by Gasteiger charge is -2.09. The number of nitrogens with one attached hydrogen (secondary N) is 1. The molecule has 4 heteroatoms. The summed E-state index contributed by atoms with van der Waals surface area (Å²) in [6.07, 6.45) is 1.70. The lowest BCUT2D eigenvalue weighted by atomic mass is 10.1. The van der Waals surface area contributed by atoms with Crippen molar-refractivity contribution in [3.05, 3.63) is 59.3 Å². The van der Waals surface area contributed by atoms with E-state index in [0.717, 1.165) is 22.0 Å². The quantitative estimate of drug-likeness (QED) is 0.557. The summed E-state index contributed by atoms with van der Waals surface area (Å²) in [5.74, 6) is 0.0884. The van der Waals surface area contributed by atoms with Gasteiger partial charge < -0.3 is 15.5 Å². The normalized spacial score (nSPS) is 10.8. The largest absolute Gasteiger partial charge is 0.421 e. The molecule has 0 fully saturated rings. The lowest BCUT2D eigenvalue weighted by Crippen LogP contribution is -2.12. The van der Waals surface area contributed by atoms with Crippen LogP contribution in [-0.4, -0.2) is 11.0 Å². The first kappa shape index (κ1) is 13.2. The standard InChI is InChI=1S/C17H16N2O2/c1-10-5-3-7-12(18)15(10)17(20)21-14-9-19-13-8-4-6-11(2)16(13)14/h3-9,19H,18H2,1-2H3. The molecule has 0 atom stereocenters. The van der Waals surface area contributed by atoms with Crippen molar-refractivity contribution in [2.75, 3.05) is 5.73 Å². The molecule has 0 aliphatic rings. The Morgan fingerprint density at radius 1 is 1.10 bits per heavy atom. The Morgan fingerprint density at radius 2 is 1.81 bits per heavy atom. The third-order valence-corrected chi connectivity index (χ3v) is 3.59. The zero-order valence-corrected chi connectivity index (χ0v) is 11.9. The molecule has 0 saturated carbocycles. The van der Waals surface area contributed by atoms with Crippen LogP contribution in [0, 0.1) is 13.8 Å². The Labute approximate surface area is 122 Å². The van der Waals surface area contributed by atoms with Crippen molar-refractivity contribution >= 4 is 22.6 Å². The Balaban J connectivity index is 2.01. The predicted molar refractivity (Wildman–Crippen MR) is 83.6 cm³/mol. The summed E-state index contributed by atoms with van der Waals surface area (Å²) in [5, 5.41) is 0.915. The first-order chi connectivity index (χ1) is 10.1. The number of nitrogens with two attached hydrogens (primary N) is 1. The average Bonchev–Trinajstić information content (AvgIpc) is 2.83. The van der Waals surface area contributed by atoms with E-state index in [0.29, 0.717) is 17.0 Å². The summed E-state index contributed by atoms with van der Waals surface area (Å²) in [6.45, 7) is 3.82. The molecule has 3 rings (SSSR count). The Morgan fingerprint density at radius 3 is 2.57 bits per heavy atom. The van der Waals surface area contributed by atoms with Gasteiger partial charge in [-0.15, -0.1) is 0 Å². The second-order valence-electron chi connectivity index (χ2n) is 5.08. The Kier molecular flexibility index (Phi) is 3.14. The smallest absolute Gasteiger partial charge is 0.345 e. The second kappa shape index (κ2) is 4.98. The number of hydrogen-bond donors (Lipinski definition) is 2. The molecule has 0 aliphatic heterocycles. The number of anilines is 1. The molecule has 21 heavy (non-hydrogen) atoms. The lowest BCUT2D eigenvalue weighted by molar-refractivity contribution is 0.0737. The van der Waals surface area contributed by atoms with Gasteiger partial charge in [0.2, 0.25) is 0 Å². The number of aromatic amines is 1. The van der Waals surface area contributed by atoms with Crippen molar-refractivity contribution in [2.45, 2.75) is 13.8 Å². The molecule has 106 valence electrons. The number of H-pyrrole nitrogens is 1. The third kappa shape index (κ3) is 2.25. The number of hydrogen-bond acceptors (Lipinski definition) is 3. The van der Waals surface area contributed by atoms with E-state index < -0.39 is 5.97 Å². The monoisotopic (exact) mass is 280 g/mol. The van der Waals surface area contributed by atoms with Crippen LogP contribution in [0.2, 0.25) is 0 Å². The van der Waals surface area contributed by atoms with E-state index >= 15 is 0 Å². The fourth-order valence-electron chi connectivity index (χ4n) is 2.53. The molecule has 4 nitrogen and oxygen atoms in total. The number of aromatic nitrogens is 1. The molecule has 2 aromatic carbocycles. The molecule has 0 aliphatic carbocycles. The van der Waals surface area contributed by atoms with E-state index in [1.54, 1.807) is 12.3 Å². The van der Waals surface area contributed by atoms with Gasteiger partial charge in [-0.1, -0.05) is 24.3 Å². The summed E-state index contributed by atoms with van der Waals surface area (Å²) in [7, 11) is 0. The van der Waals surface area contributed by atoms with Gasteiger partial charge in [0, 0.05) is 22.8 Å². The van der Waals surface area contributed by atoms with E-state index in [4.69, 9.17) is 10.5 Å². The highest BCUT2D eigenvalue weighted by atomic mass is 16.5. The highest BCUT2D eigenvalue weighted by Crippen LogP contribution is 2.29. The number of benzene rings is 2. The number of rotatable bonds is 2. The minimum atomic E-state index is -0.435. The van der Waals surface area contributed by atoms with Gasteiger partial charge >= 0.3 is 5.97 Å². The van der Waals surface area contributed by atoms with Gasteiger partial charge in [-0.2, -0.15) is 0 Å². The second-order valence-corrected chi connectivity index (χ2v) is 5.08. The van der Waals surface area contributed by atoms with Gasteiger partial charge in [-0.3, -0.25) is 0 Å². The average molecular weight is 280 g/mol. The van der Waals surface area contributed by atoms with Crippen LogP contribution in [-0.2, 0) is 0 Å². The van der Waals surface area contributed by atoms with E-state index in [9.17, 15) is 4.79 Å². The van der Waals surface area contributed by atoms with Crippen LogP contribution in [0.15, 0.2) is 42.6 Å². The molecule has 0 unspecified atom stereocenters. The van der Waals surface area contributed by atoms with Crippen molar-refractivity contribution < 1.29 is 9.53 Å². The number of ether oxygens (including phenoxy) is 1. The Bertz CT molecular complexity index is 814. The van der Waals surface area contributed by atoms with Crippen molar-refractivity contribution in [1.29, 1.82) is 0 Å². The summed E-state index contributed by atoms with van der Waals surface area (Å²) in [5.41, 5.74) is 9.52. The maximum Gasteiger partial charge on any atom is 0.345 e. The van der Waals surface area contributed by atoms with E-state index in [1.165, 1.54) is 0 Å². The van der Waals surface area contributed by atoms with Gasteiger partial charge in [-0.05, 0) is 37.1 Å². The summed E-state index contributed by atoms with van der Waals surface area (Å²) < 4.78 is 5.55. The molecule has 0 saturated heterocycles. The summed E-state index contributed by atoms with van der Waals surface area (Å²) in [6, 6.07) is 11.2. The highest BCUT2D eigenvalue weighted by molar-refractivity contribution is 6.00. The fraction of sp³-hybridized carbons (Fsp3) is 0.118. The SMILES string of the molecule is Cc1cccc(N)c1C(=O)Oc1c[nH]c2cccc(C)c12. The summed E-state index contributed by atoms with van der Waals surface area (Å²) >= 11 is 0. The maximum absolute atomic E-state index is 12.4. The number of fused-ring (bicyclic) bond motifs is 1. The molecule has 0 bridgehead atoms. The minimum absolute atomic E-state index is 0.417. The van der Waals surface area contributed by atoms with Crippen LogP contribution in [0.3, 0.4) is 0 Å². The van der Waals surface area contributed by atoms with Gasteiger partial charge in [0.1, 0.15) is 0 Å². The zero-order valence-electron chi connectivity index (χ0n) is 11.9. The Hall–Kier alpha value is -2.75. The van der Waals surface area contributed by atoms with Gasteiger partial charge in [0.05, 0.1) is 5.56 Å². The molecule has 1 aromatic heterocycles. The van der Waals surface area contributed by atoms with Crippen LogP contribution < -0.4 is 10.5 Å². The zero-order chi connectivity index (χ0) is 15.0. The van der Waals surface area contributed by atoms with Crippen molar-refractivity contribution in [3.8, 4) is 5.75 Å². The van der Waals surface area contributed by atoms with E-state index in [-0.39, 0.29) is 0 Å². The highest BCUT2D eigenvalue weighted by Gasteiger charge is 2.17. The fourth-order valence-corrected chi connectivity index (χ4v) is 2.53. The van der Waals surface area contributed by atoms with E-state index in [2.05, 4.69) is 4.98 Å². The number of carbonyl (C=O) groups is 1. The van der Waals surface area contributed by atoms with Crippen molar-refractivity contribution in [1.82, 2.24) is 4.98 Å². The topological polar surface area (TPSA) is 68.1 Å². The first-order valence-corrected chi connectivity index (χ1v) is 6.72. The third-order valence-electron chi connectivity index (χ3n) is 3.59. The van der Waals surface area contributed by atoms with Crippen LogP contribution in [0.4, 0.5) is 5.69 Å². The van der Waals surface area contributed by atoms with Crippen molar-refractivity contribution in [2.24, 2.45) is 0 Å². The number of carbonyl (C=O) groups excluding carboxylic acids is 1. The summed E-state index contributed by atoms with van der Waals surface area (Å²) in [4.78, 5) is 15.5. The number of nitrogen functional groups attached to an aromatic ring is 1. The van der Waals surface area contributed by atoms with Crippen LogP contribution in [0.25, 0.3) is 10.9 Å². The molecular weight excluding hydrogens is 264 g/mol. The van der Waals surface area contributed by atoms with Crippen molar-refractivity contribution in [3.63, 3.8) is 0 Å². The van der Waals surface area contributed by atoms with Gasteiger partial charge in [-0.25, -0.2) is 4.79 Å².